The molecule has 0 aromatic carbocycles. The van der Waals surface area contributed by atoms with Crippen LogP contribution in [-0.4, -0.2) is 8.05 Å². The molecule has 0 rings (SSSR count). The molecule has 10 heavy (non-hydrogen) atoms. The average Bonchev–Trinajstić information content (AvgIpc) is 1.83. The van der Waals surface area contributed by atoms with Crippen LogP contribution in [0.25, 0.3) is 0 Å². The van der Waals surface area contributed by atoms with Crippen LogP contribution in [0.2, 0.25) is 0 Å². The van der Waals surface area contributed by atoms with Crippen LogP contribution in [-0.2, 0) is 59.8 Å². The summed E-state index contributed by atoms with van der Waals surface area (Å²) >= 11 is 1.86. The maximum absolute atomic E-state index is 12.0. The van der Waals surface area contributed by atoms with Gasteiger partial charge in [0, 0.05) is 21.1 Å². The Morgan fingerprint density at radius 3 is 2.20 bits per heavy atom. The molecule has 0 heterocycles. The molecule has 0 spiro atoms. The van der Waals surface area contributed by atoms with Gasteiger partial charge in [0.15, 0.2) is 0 Å². The largest absolute Gasteiger partial charge is 0 e. The first-order valence-corrected chi connectivity index (χ1v) is 4.91. The third-order valence-electron chi connectivity index (χ3n) is 0.476. The molecule has 0 atom stereocenters. The topological polar surface area (TPSA) is 23.8 Å². The SMILES string of the molecule is N#C[C](=[W])/C=C\[C](F)=[W].[W]. The van der Waals surface area contributed by atoms with Crippen molar-refractivity contribution >= 4 is 8.05 Å². The van der Waals surface area contributed by atoms with E-state index < -0.39 is 0 Å². The molecule has 0 aliphatic carbocycles. The van der Waals surface area contributed by atoms with E-state index in [1.807, 2.05) is 6.07 Å². The maximum Gasteiger partial charge on any atom is 0 e. The van der Waals surface area contributed by atoms with E-state index in [0.717, 1.165) is 38.7 Å². The van der Waals surface area contributed by atoms with Gasteiger partial charge in [0.05, 0.1) is 0 Å². The molecule has 0 unspecified atom stereocenters. The molecule has 0 aromatic rings. The molecule has 0 bridgehead atoms. The predicted octanol–water partition coefficient (Wildman–Crippen LogP) is 0.429. The third kappa shape index (κ3) is 8.96. The van der Waals surface area contributed by atoms with Crippen molar-refractivity contribution in [2.24, 2.45) is 0 Å². The molecule has 0 aromatic heterocycles. The van der Waals surface area contributed by atoms with Crippen LogP contribution in [0.5, 0.6) is 0 Å². The summed E-state index contributed by atoms with van der Waals surface area (Å²) in [6.07, 6.45) is 2.82. The Labute approximate surface area is 94.8 Å². The Bertz CT molecular complexity index is 203. The van der Waals surface area contributed by atoms with Crippen LogP contribution < -0.4 is 0 Å². The second-order valence-electron chi connectivity index (χ2n) is 1.11. The molecular weight excluding hydrogens is 645 g/mol. The molecule has 0 radical (unpaired) electrons. The van der Waals surface area contributed by atoms with Crippen molar-refractivity contribution < 1.29 is 64.2 Å². The molecular formula is C5H2FNW3. The van der Waals surface area contributed by atoms with Gasteiger partial charge in [0.2, 0.25) is 0 Å². The van der Waals surface area contributed by atoms with Crippen LogP contribution >= 0.6 is 0 Å². The van der Waals surface area contributed by atoms with Crippen LogP contribution in [0.15, 0.2) is 12.2 Å². The van der Waals surface area contributed by atoms with Crippen molar-refractivity contribution in [3.63, 3.8) is 0 Å². The quantitative estimate of drug-likeness (QED) is 0.428. The molecule has 0 N–H and O–H groups in total. The minimum atomic E-state index is -0.191. The summed E-state index contributed by atoms with van der Waals surface area (Å²) in [4.78, 5) is 0. The van der Waals surface area contributed by atoms with Gasteiger partial charge in [-0.2, -0.15) is 0 Å². The summed E-state index contributed by atoms with van der Waals surface area (Å²) < 4.78 is 12.4. The van der Waals surface area contributed by atoms with Crippen molar-refractivity contribution in [3.05, 3.63) is 12.2 Å². The molecule has 0 amide bonds. The Balaban J connectivity index is 0. The van der Waals surface area contributed by atoms with Crippen LogP contribution in [0.4, 0.5) is 4.39 Å². The van der Waals surface area contributed by atoms with Crippen LogP contribution in [0.3, 0.4) is 0 Å². The average molecular weight is 647 g/mol. The van der Waals surface area contributed by atoms with Crippen LogP contribution in [0, 0.1) is 11.3 Å². The van der Waals surface area contributed by atoms with E-state index in [-0.39, 0.29) is 25.2 Å². The minimum absolute atomic E-state index is 0. The van der Waals surface area contributed by atoms with Crippen molar-refractivity contribution in [1.29, 1.82) is 5.26 Å². The van der Waals surface area contributed by atoms with E-state index in [2.05, 4.69) is 0 Å². The summed E-state index contributed by atoms with van der Waals surface area (Å²) in [6.45, 7) is 0. The van der Waals surface area contributed by atoms with Gasteiger partial charge in [-0.1, -0.05) is 0 Å². The van der Waals surface area contributed by atoms with Crippen molar-refractivity contribution in [2.75, 3.05) is 0 Å². The Morgan fingerprint density at radius 2 is 1.90 bits per heavy atom. The van der Waals surface area contributed by atoms with Crippen molar-refractivity contribution in [2.45, 2.75) is 0 Å². The Morgan fingerprint density at radius 1 is 1.40 bits per heavy atom. The fourth-order valence-electron chi connectivity index (χ4n) is 0.178. The van der Waals surface area contributed by atoms with Gasteiger partial charge in [-0.15, -0.1) is 0 Å². The zero-order chi connectivity index (χ0) is 7.28. The molecule has 0 aliphatic rings. The van der Waals surface area contributed by atoms with Crippen molar-refractivity contribution in [1.82, 2.24) is 0 Å². The van der Waals surface area contributed by atoms with E-state index in [0.29, 0.717) is 3.90 Å². The fourth-order valence-corrected chi connectivity index (χ4v) is 0.667. The van der Waals surface area contributed by atoms with Crippen molar-refractivity contribution in [3.8, 4) is 6.07 Å². The molecule has 0 saturated carbocycles. The number of nitrogens with zero attached hydrogens (tertiary/aromatic N) is 1. The number of allylic oxidation sites excluding steroid dienone is 2. The van der Waals surface area contributed by atoms with Gasteiger partial charge in [0.25, 0.3) is 0 Å². The van der Waals surface area contributed by atoms with Gasteiger partial charge in [-0.25, -0.2) is 0 Å². The minimum Gasteiger partial charge on any atom is 0 e. The van der Waals surface area contributed by atoms with Gasteiger partial charge < -0.3 is 0 Å². The maximum atomic E-state index is 12.0. The molecule has 0 fully saturated rings. The third-order valence-corrected chi connectivity index (χ3v) is 1.78. The van der Waals surface area contributed by atoms with E-state index in [4.69, 9.17) is 5.26 Å². The zero-order valence-corrected chi connectivity index (χ0v) is 13.5. The summed E-state index contributed by atoms with van der Waals surface area (Å²) in [5, 5.41) is 8.21. The zero-order valence-electron chi connectivity index (χ0n) is 4.70. The summed E-state index contributed by atoms with van der Waals surface area (Å²) in [5.41, 5.74) is 0. The fraction of sp³-hybridized carbons (Fsp3) is 0. The molecule has 52 valence electrons. The van der Waals surface area contributed by atoms with Gasteiger partial charge >= 0.3 is 74.6 Å². The number of rotatable bonds is 2. The second-order valence-corrected chi connectivity index (χ2v) is 4.09. The Kier molecular flexibility index (Phi) is 10.9. The molecule has 1 nitrogen and oxygen atoms in total. The Hall–Kier alpha value is 0.965. The number of hydrogen-bond acceptors (Lipinski definition) is 1. The number of halogens is 1. The standard InChI is InChI=1S/C5H2FN.3W/c6-4-2-1-3-5-7;;;/h1-2H;;;/b2-1-;;;. The van der Waals surface area contributed by atoms with E-state index in [1.54, 1.807) is 0 Å². The first-order chi connectivity index (χ1) is 4.16. The second kappa shape index (κ2) is 8.07. The van der Waals surface area contributed by atoms with Gasteiger partial charge in [0.1, 0.15) is 0 Å². The number of nitriles is 1. The smallest absolute Gasteiger partial charge is 0 e. The van der Waals surface area contributed by atoms with Gasteiger partial charge in [-0.05, 0) is 0 Å². The summed E-state index contributed by atoms with van der Waals surface area (Å²) in [6, 6.07) is 1.92. The summed E-state index contributed by atoms with van der Waals surface area (Å²) in [7, 11) is 0. The van der Waals surface area contributed by atoms with Crippen LogP contribution in [0.1, 0.15) is 0 Å². The molecule has 5 heteroatoms. The first kappa shape index (κ1) is 13.5. The van der Waals surface area contributed by atoms with Gasteiger partial charge in [-0.3, -0.25) is 0 Å². The van der Waals surface area contributed by atoms with E-state index in [9.17, 15) is 4.39 Å². The first-order valence-electron chi connectivity index (χ1n) is 1.98. The van der Waals surface area contributed by atoms with E-state index in [1.165, 1.54) is 12.2 Å². The molecule has 0 saturated heterocycles. The monoisotopic (exact) mass is 647 g/mol. The molecule has 0 aliphatic heterocycles. The summed E-state index contributed by atoms with van der Waals surface area (Å²) in [5.74, 6) is 0. The number of hydrogen-bond donors (Lipinski definition) is 0. The predicted molar refractivity (Wildman–Crippen MR) is 25.9 cm³/mol. The normalized spacial score (nSPS) is 8.00. The van der Waals surface area contributed by atoms with E-state index >= 15 is 0 Å².